The number of H-pyrrole nitrogens is 1. The summed E-state index contributed by atoms with van der Waals surface area (Å²) in [5.41, 5.74) is 5.22. The second-order valence-electron chi connectivity index (χ2n) is 7.61. The fourth-order valence-corrected chi connectivity index (χ4v) is 4.81. The van der Waals surface area contributed by atoms with Gasteiger partial charge in [0.1, 0.15) is 0 Å². The Bertz CT molecular complexity index is 1040. The highest BCUT2D eigenvalue weighted by Crippen LogP contribution is 2.33. The van der Waals surface area contributed by atoms with Crippen molar-refractivity contribution in [1.82, 2.24) is 9.88 Å². The van der Waals surface area contributed by atoms with E-state index in [1.54, 1.807) is 0 Å². The predicted octanol–water partition coefficient (Wildman–Crippen LogP) is 5.84. The van der Waals surface area contributed by atoms with E-state index >= 15 is 0 Å². The van der Waals surface area contributed by atoms with Crippen molar-refractivity contribution in [3.05, 3.63) is 101 Å². The second-order valence-corrected chi connectivity index (χ2v) is 8.53. The summed E-state index contributed by atoms with van der Waals surface area (Å²) >= 11 is 3.57. The van der Waals surface area contributed by atoms with Crippen molar-refractivity contribution < 1.29 is 0 Å². The normalized spacial score (nSPS) is 15.3. The summed E-state index contributed by atoms with van der Waals surface area (Å²) < 4.78 is 1.11. The van der Waals surface area contributed by atoms with Crippen LogP contribution in [0.4, 0.5) is 5.69 Å². The molecule has 0 radical (unpaired) electrons. The molecule has 4 aromatic rings. The number of hydrogen-bond acceptors (Lipinski definition) is 2. The van der Waals surface area contributed by atoms with Gasteiger partial charge in [-0.05, 0) is 29.3 Å². The van der Waals surface area contributed by atoms with Crippen LogP contribution in [0, 0.1) is 0 Å². The molecule has 0 saturated carbocycles. The molecule has 0 aliphatic carbocycles. The quantitative estimate of drug-likeness (QED) is 0.425. The molecule has 2 heterocycles. The second kappa shape index (κ2) is 8.05. The van der Waals surface area contributed by atoms with E-state index in [4.69, 9.17) is 0 Å². The molecule has 1 aliphatic rings. The number of halogens is 1. The van der Waals surface area contributed by atoms with Gasteiger partial charge in [0.05, 0.1) is 11.7 Å². The van der Waals surface area contributed by atoms with E-state index < -0.39 is 0 Å². The van der Waals surface area contributed by atoms with Gasteiger partial charge >= 0.3 is 0 Å². The van der Waals surface area contributed by atoms with Crippen molar-refractivity contribution >= 4 is 32.5 Å². The Morgan fingerprint density at radius 1 is 0.759 bits per heavy atom. The molecule has 0 unspecified atom stereocenters. The average molecular weight is 446 g/mol. The topological polar surface area (TPSA) is 22.3 Å². The largest absolute Gasteiger partial charge is 0.367 e. The fraction of sp³-hybridized carbons (Fsp3) is 0.200. The van der Waals surface area contributed by atoms with Gasteiger partial charge < -0.3 is 9.88 Å². The first-order valence-corrected chi connectivity index (χ1v) is 10.9. The molecule has 1 fully saturated rings. The number of nitrogens with zero attached hydrogens (tertiary/aromatic N) is 2. The molecule has 1 aromatic heterocycles. The Morgan fingerprint density at radius 2 is 1.38 bits per heavy atom. The number of benzene rings is 3. The van der Waals surface area contributed by atoms with E-state index in [1.165, 1.54) is 27.7 Å². The number of aromatic amines is 1. The van der Waals surface area contributed by atoms with Gasteiger partial charge in [-0.2, -0.15) is 0 Å². The third kappa shape index (κ3) is 3.70. The summed E-state index contributed by atoms with van der Waals surface area (Å²) in [6.45, 7) is 4.13. The number of rotatable bonds is 4. The molecule has 4 heteroatoms. The smallest absolute Gasteiger partial charge is 0.0624 e. The van der Waals surface area contributed by atoms with Crippen LogP contribution >= 0.6 is 15.9 Å². The lowest BCUT2D eigenvalue weighted by Gasteiger charge is -2.40. The van der Waals surface area contributed by atoms with Crippen LogP contribution in [-0.4, -0.2) is 36.1 Å². The van der Waals surface area contributed by atoms with Gasteiger partial charge in [0.15, 0.2) is 0 Å². The molecule has 146 valence electrons. The molecule has 29 heavy (non-hydrogen) atoms. The maximum atomic E-state index is 3.57. The molecule has 0 amide bonds. The maximum Gasteiger partial charge on any atom is 0.0624 e. The lowest BCUT2D eigenvalue weighted by molar-refractivity contribution is 0.212. The molecule has 3 aromatic carbocycles. The molecule has 1 N–H and O–H groups in total. The van der Waals surface area contributed by atoms with Crippen LogP contribution in [0.15, 0.2) is 89.5 Å². The molecule has 0 bridgehead atoms. The molecule has 5 rings (SSSR count). The minimum atomic E-state index is 0.304. The number of hydrogen-bond donors (Lipinski definition) is 1. The van der Waals surface area contributed by atoms with Gasteiger partial charge in [-0.3, -0.25) is 4.90 Å². The number of piperazine rings is 1. The van der Waals surface area contributed by atoms with Gasteiger partial charge in [-0.1, -0.05) is 76.6 Å². The number of nitrogens with one attached hydrogen (secondary N) is 1. The summed E-state index contributed by atoms with van der Waals surface area (Å²) in [4.78, 5) is 8.55. The van der Waals surface area contributed by atoms with Crippen LogP contribution in [0.1, 0.15) is 17.2 Å². The Labute approximate surface area is 180 Å². The van der Waals surface area contributed by atoms with Crippen molar-refractivity contribution in [2.75, 3.05) is 31.1 Å². The van der Waals surface area contributed by atoms with Crippen molar-refractivity contribution in [3.8, 4) is 0 Å². The highest BCUT2D eigenvalue weighted by molar-refractivity contribution is 9.10. The first kappa shape index (κ1) is 18.5. The summed E-state index contributed by atoms with van der Waals surface area (Å²) in [6.07, 6.45) is 2.15. The molecule has 0 atom stereocenters. The van der Waals surface area contributed by atoms with Crippen molar-refractivity contribution in [3.63, 3.8) is 0 Å². The first-order valence-electron chi connectivity index (χ1n) is 10.1. The van der Waals surface area contributed by atoms with Gasteiger partial charge in [-0.15, -0.1) is 0 Å². The summed E-state index contributed by atoms with van der Waals surface area (Å²) in [6, 6.07) is 28.6. The van der Waals surface area contributed by atoms with E-state index in [1.807, 2.05) is 0 Å². The van der Waals surface area contributed by atoms with Gasteiger partial charge in [-0.25, -0.2) is 0 Å². The van der Waals surface area contributed by atoms with Crippen LogP contribution in [0.3, 0.4) is 0 Å². The number of fused-ring (bicyclic) bond motifs is 1. The van der Waals surface area contributed by atoms with Crippen LogP contribution in [0.2, 0.25) is 0 Å². The molecule has 0 spiro atoms. The number of aromatic nitrogens is 1. The lowest BCUT2D eigenvalue weighted by Crippen LogP contribution is -2.47. The molecular formula is C25H24BrN3. The summed E-state index contributed by atoms with van der Waals surface area (Å²) in [5, 5.41) is 1.30. The third-order valence-electron chi connectivity index (χ3n) is 5.87. The van der Waals surface area contributed by atoms with E-state index in [2.05, 4.69) is 116 Å². The lowest BCUT2D eigenvalue weighted by atomic mass is 9.96. The molecular weight excluding hydrogens is 422 g/mol. The monoisotopic (exact) mass is 445 g/mol. The average Bonchev–Trinajstić information content (AvgIpc) is 3.19. The van der Waals surface area contributed by atoms with E-state index in [9.17, 15) is 0 Å². The van der Waals surface area contributed by atoms with Gasteiger partial charge in [0, 0.05) is 47.8 Å². The number of anilines is 1. The zero-order chi connectivity index (χ0) is 19.6. The molecule has 1 aliphatic heterocycles. The summed E-state index contributed by atoms with van der Waals surface area (Å²) in [5.74, 6) is 0. The zero-order valence-electron chi connectivity index (χ0n) is 16.3. The first-order chi connectivity index (χ1) is 14.3. The highest BCUT2D eigenvalue weighted by atomic mass is 79.9. The van der Waals surface area contributed by atoms with Crippen molar-refractivity contribution in [2.24, 2.45) is 0 Å². The fourth-order valence-electron chi connectivity index (χ4n) is 4.45. The van der Waals surface area contributed by atoms with E-state index in [0.29, 0.717) is 6.04 Å². The van der Waals surface area contributed by atoms with Crippen molar-refractivity contribution in [2.45, 2.75) is 6.04 Å². The Kier molecular flexibility index (Phi) is 5.13. The van der Waals surface area contributed by atoms with Crippen LogP contribution in [0.25, 0.3) is 10.9 Å². The Balaban J connectivity index is 1.39. The van der Waals surface area contributed by atoms with Crippen LogP contribution in [-0.2, 0) is 0 Å². The molecule has 1 saturated heterocycles. The van der Waals surface area contributed by atoms with Gasteiger partial charge in [0.2, 0.25) is 0 Å². The molecule has 3 nitrogen and oxygen atoms in total. The zero-order valence-corrected chi connectivity index (χ0v) is 17.8. The summed E-state index contributed by atoms with van der Waals surface area (Å²) in [7, 11) is 0. The van der Waals surface area contributed by atoms with Crippen LogP contribution in [0.5, 0.6) is 0 Å². The maximum absolute atomic E-state index is 3.57. The Hall–Kier alpha value is -2.56. The Morgan fingerprint density at radius 3 is 2.00 bits per heavy atom. The third-order valence-corrected chi connectivity index (χ3v) is 6.37. The standard InChI is InChI=1S/C25H24BrN3/c26-21-11-12-22-23(17-21)27-18-24(22)28-13-15-29(16-14-28)25(19-7-3-1-4-8-19)20-9-5-2-6-10-20/h1-12,17-18,25,27H,13-16H2. The predicted molar refractivity (Wildman–Crippen MR) is 125 cm³/mol. The van der Waals surface area contributed by atoms with E-state index in [-0.39, 0.29) is 0 Å². The minimum absolute atomic E-state index is 0.304. The SMILES string of the molecule is Brc1ccc2c(N3CCN(C(c4ccccc4)c4ccccc4)CC3)c[nH]c2c1. The highest BCUT2D eigenvalue weighted by Gasteiger charge is 2.27. The van der Waals surface area contributed by atoms with Crippen molar-refractivity contribution in [1.29, 1.82) is 0 Å². The van der Waals surface area contributed by atoms with Crippen LogP contribution < -0.4 is 4.90 Å². The van der Waals surface area contributed by atoms with E-state index in [0.717, 1.165) is 30.7 Å². The van der Waals surface area contributed by atoms with Gasteiger partial charge in [0.25, 0.3) is 0 Å². The minimum Gasteiger partial charge on any atom is -0.367 e.